The summed E-state index contributed by atoms with van der Waals surface area (Å²) in [7, 11) is 0. The van der Waals surface area contributed by atoms with Gasteiger partial charge >= 0.3 is 0 Å². The van der Waals surface area contributed by atoms with Gasteiger partial charge in [0.2, 0.25) is 0 Å². The van der Waals surface area contributed by atoms with Crippen molar-refractivity contribution in [1.82, 2.24) is 0 Å². The number of ether oxygens (including phenoxy) is 4. The summed E-state index contributed by atoms with van der Waals surface area (Å²) in [6, 6.07) is 0. The quantitative estimate of drug-likeness (QED) is 0.257. The van der Waals surface area contributed by atoms with Gasteiger partial charge in [-0.05, 0) is 73.5 Å². The minimum atomic E-state index is -1.59. The largest absolute Gasteiger partial charge is 0.392 e. The van der Waals surface area contributed by atoms with Crippen molar-refractivity contribution in [1.29, 1.82) is 0 Å². The monoisotopic (exact) mass is 596 g/mol. The van der Waals surface area contributed by atoms with E-state index in [0.717, 1.165) is 45.1 Å². The van der Waals surface area contributed by atoms with Crippen LogP contribution in [0.25, 0.3) is 0 Å². The number of aliphatic hydroxyl groups excluding tert-OH is 5. The molecule has 18 unspecified atom stereocenters. The molecule has 0 radical (unpaired) electrons. The molecule has 18 atom stereocenters. The lowest BCUT2D eigenvalue weighted by molar-refractivity contribution is -0.339. The molecule has 6 N–H and O–H groups in total. The first-order valence-electron chi connectivity index (χ1n) is 16.5. The Kier molecular flexibility index (Phi) is 7.24. The Bertz CT molecular complexity index is 1030. The second-order valence-electron chi connectivity index (χ2n) is 15.8. The van der Waals surface area contributed by atoms with Gasteiger partial charge in [-0.2, -0.15) is 0 Å². The molecule has 3 aliphatic heterocycles. The minimum absolute atomic E-state index is 0.0308. The summed E-state index contributed by atoms with van der Waals surface area (Å²) in [5, 5.41) is 65.9. The Morgan fingerprint density at radius 1 is 0.833 bits per heavy atom. The van der Waals surface area contributed by atoms with Crippen LogP contribution in [-0.4, -0.2) is 104 Å². The second kappa shape index (κ2) is 10.0. The molecule has 0 amide bonds. The topological polar surface area (TPSA) is 158 Å². The van der Waals surface area contributed by atoms with Gasteiger partial charge in [-0.3, -0.25) is 0 Å². The van der Waals surface area contributed by atoms with E-state index in [9.17, 15) is 30.6 Å². The van der Waals surface area contributed by atoms with E-state index >= 15 is 0 Å². The fourth-order valence-electron chi connectivity index (χ4n) is 11.5. The Morgan fingerprint density at radius 3 is 2.31 bits per heavy atom. The lowest BCUT2D eigenvalue weighted by atomic mass is 9.41. The number of fused-ring (bicyclic) bond motifs is 7. The molecule has 7 rings (SSSR count). The molecule has 3 saturated heterocycles. The highest BCUT2D eigenvalue weighted by molar-refractivity contribution is 5.21. The van der Waals surface area contributed by atoms with Crippen molar-refractivity contribution in [2.24, 2.45) is 46.3 Å². The summed E-state index contributed by atoms with van der Waals surface area (Å²) in [5.74, 6) is 1.58. The molecule has 240 valence electrons. The van der Waals surface area contributed by atoms with Crippen LogP contribution in [0.2, 0.25) is 0 Å². The predicted molar refractivity (Wildman–Crippen MR) is 149 cm³/mol. The van der Waals surface area contributed by atoms with Crippen molar-refractivity contribution in [2.75, 3.05) is 13.2 Å². The van der Waals surface area contributed by atoms with Crippen LogP contribution in [0, 0.1) is 46.3 Å². The number of hydrogen-bond donors (Lipinski definition) is 6. The standard InChI is InChI=1S/C32H52O10/c1-15-5-10-32(40-13-15)16(2)24-21(42-32)11-19-17-6-9-31(38)27(37)22(41-28-26(36)25(35)20(33)14-39-28)12-23(34)30(31,4)18(17)7-8-29(19,24)3/h15-28,33-38H,5-14H2,1-4H3. The summed E-state index contributed by atoms with van der Waals surface area (Å²) in [6.07, 6.45) is -2.53. The number of aliphatic hydroxyl groups is 6. The van der Waals surface area contributed by atoms with Gasteiger partial charge in [-0.1, -0.05) is 27.7 Å². The average molecular weight is 597 g/mol. The molecule has 7 fully saturated rings. The van der Waals surface area contributed by atoms with E-state index in [1.165, 1.54) is 0 Å². The molecule has 10 nitrogen and oxygen atoms in total. The summed E-state index contributed by atoms with van der Waals surface area (Å²) in [5.41, 5.74) is -2.43. The summed E-state index contributed by atoms with van der Waals surface area (Å²) >= 11 is 0. The van der Waals surface area contributed by atoms with Crippen LogP contribution in [0.5, 0.6) is 0 Å². The third-order valence-electron chi connectivity index (χ3n) is 14.0. The Hall–Kier alpha value is -0.400. The van der Waals surface area contributed by atoms with Gasteiger partial charge in [0.25, 0.3) is 0 Å². The molecule has 10 heteroatoms. The van der Waals surface area contributed by atoms with E-state index in [2.05, 4.69) is 20.8 Å². The van der Waals surface area contributed by atoms with E-state index in [-0.39, 0.29) is 30.5 Å². The van der Waals surface area contributed by atoms with Gasteiger partial charge in [-0.15, -0.1) is 0 Å². The van der Waals surface area contributed by atoms with Crippen molar-refractivity contribution in [2.45, 2.75) is 139 Å². The molecule has 1 spiro atoms. The molecule has 0 bridgehead atoms. The zero-order valence-electron chi connectivity index (χ0n) is 25.5. The fraction of sp³-hybridized carbons (Fsp3) is 1.00. The molecule has 7 aliphatic rings. The highest BCUT2D eigenvalue weighted by Gasteiger charge is 2.73. The van der Waals surface area contributed by atoms with Crippen LogP contribution in [0.4, 0.5) is 0 Å². The first-order chi connectivity index (χ1) is 19.8. The van der Waals surface area contributed by atoms with E-state index < -0.39 is 59.7 Å². The normalized spacial score (nSPS) is 62.7. The van der Waals surface area contributed by atoms with Crippen molar-refractivity contribution in [3.05, 3.63) is 0 Å². The zero-order valence-corrected chi connectivity index (χ0v) is 25.5. The van der Waals surface area contributed by atoms with Gasteiger partial charge in [0.15, 0.2) is 12.1 Å². The van der Waals surface area contributed by atoms with E-state index in [4.69, 9.17) is 18.9 Å². The van der Waals surface area contributed by atoms with Crippen LogP contribution in [-0.2, 0) is 18.9 Å². The molecule has 0 aromatic heterocycles. The van der Waals surface area contributed by atoms with Crippen LogP contribution in [0.1, 0.15) is 79.1 Å². The predicted octanol–water partition coefficient (Wildman–Crippen LogP) is 1.31. The summed E-state index contributed by atoms with van der Waals surface area (Å²) in [4.78, 5) is 0. The lowest BCUT2D eigenvalue weighted by Gasteiger charge is -2.66. The average Bonchev–Trinajstić information content (AvgIpc) is 3.40. The Balaban J connectivity index is 1.10. The van der Waals surface area contributed by atoms with E-state index in [1.54, 1.807) is 0 Å². The second-order valence-corrected chi connectivity index (χ2v) is 15.8. The number of rotatable bonds is 2. The van der Waals surface area contributed by atoms with Crippen LogP contribution in [0.3, 0.4) is 0 Å². The van der Waals surface area contributed by atoms with Gasteiger partial charge in [0.1, 0.15) is 30.0 Å². The third-order valence-corrected chi connectivity index (χ3v) is 14.0. The molecule has 4 aliphatic carbocycles. The first kappa shape index (κ1) is 30.3. The van der Waals surface area contributed by atoms with Crippen molar-refractivity contribution in [3.8, 4) is 0 Å². The molecular formula is C32H52O10. The maximum absolute atomic E-state index is 12.3. The molecule has 0 aromatic rings. The smallest absolute Gasteiger partial charge is 0.186 e. The first-order valence-corrected chi connectivity index (χ1v) is 16.5. The third kappa shape index (κ3) is 3.93. The SMILES string of the molecule is CC1CCC2(OC1)OC1CC3C4CCC5(O)C(O)C(OC6OCC(O)C(O)C6O)CC(O)C5(C)C4CCC3(C)C1C2C. The molecule has 0 aromatic carbocycles. The fourth-order valence-corrected chi connectivity index (χ4v) is 11.5. The van der Waals surface area contributed by atoms with Crippen molar-refractivity contribution in [3.63, 3.8) is 0 Å². The van der Waals surface area contributed by atoms with Gasteiger partial charge in [-0.25, -0.2) is 0 Å². The molecule has 3 heterocycles. The summed E-state index contributed by atoms with van der Waals surface area (Å²) < 4.78 is 24.6. The maximum atomic E-state index is 12.3. The van der Waals surface area contributed by atoms with Gasteiger partial charge in [0.05, 0.1) is 31.5 Å². The number of hydrogen-bond acceptors (Lipinski definition) is 10. The maximum Gasteiger partial charge on any atom is 0.186 e. The van der Waals surface area contributed by atoms with Gasteiger partial charge in [0, 0.05) is 24.2 Å². The van der Waals surface area contributed by atoms with E-state index in [0.29, 0.717) is 36.0 Å². The molecular weight excluding hydrogens is 544 g/mol. The van der Waals surface area contributed by atoms with Crippen molar-refractivity contribution < 1.29 is 49.6 Å². The van der Waals surface area contributed by atoms with Crippen LogP contribution >= 0.6 is 0 Å². The van der Waals surface area contributed by atoms with Crippen LogP contribution < -0.4 is 0 Å². The molecule has 42 heavy (non-hydrogen) atoms. The van der Waals surface area contributed by atoms with E-state index in [1.807, 2.05) is 6.92 Å². The minimum Gasteiger partial charge on any atom is -0.392 e. The van der Waals surface area contributed by atoms with Crippen molar-refractivity contribution >= 4 is 0 Å². The highest BCUT2D eigenvalue weighted by atomic mass is 16.7. The Morgan fingerprint density at radius 2 is 1.60 bits per heavy atom. The Labute approximate surface area is 248 Å². The zero-order chi connectivity index (χ0) is 30.0. The van der Waals surface area contributed by atoms with Gasteiger partial charge < -0.3 is 49.6 Å². The van der Waals surface area contributed by atoms with Crippen LogP contribution in [0.15, 0.2) is 0 Å². The summed E-state index contributed by atoms with van der Waals surface area (Å²) in [6.45, 7) is 9.49. The highest BCUT2D eigenvalue weighted by Crippen LogP contribution is 2.72. The molecule has 4 saturated carbocycles. The lowest BCUT2D eigenvalue weighted by Crippen LogP contribution is -2.74.